The van der Waals surface area contributed by atoms with Crippen molar-refractivity contribution in [3.05, 3.63) is 65.2 Å². The summed E-state index contributed by atoms with van der Waals surface area (Å²) in [5.41, 5.74) is 3.28. The molecule has 8 heteroatoms. The molecule has 0 saturated heterocycles. The third-order valence-electron chi connectivity index (χ3n) is 7.35. The first-order chi connectivity index (χ1) is 17.6. The number of benzene rings is 2. The summed E-state index contributed by atoms with van der Waals surface area (Å²) in [6.07, 6.45) is 7.41. The molecular formula is C29H41N3O4S. The standard InChI is InChI=1S/C29H41N3O4S/c1-5-26(29(34)30-25-16-10-7-11-17-25)31(20-19-24-14-8-6-9-15-24)28(33)21-32(37(4,35)36)27-18-12-13-22(2)23(27)3/h6,8-9,12-15,18,25-26H,5,7,10-11,16-17,19-21H2,1-4H3,(H,30,34). The molecule has 1 fully saturated rings. The van der Waals surface area contributed by atoms with E-state index in [0.29, 0.717) is 25.1 Å². The number of carbonyl (C=O) groups excluding carboxylic acids is 2. The van der Waals surface area contributed by atoms with Crippen LogP contribution in [0.5, 0.6) is 0 Å². The van der Waals surface area contributed by atoms with Gasteiger partial charge in [-0.15, -0.1) is 0 Å². The summed E-state index contributed by atoms with van der Waals surface area (Å²) >= 11 is 0. The van der Waals surface area contributed by atoms with Crippen LogP contribution in [-0.2, 0) is 26.0 Å². The number of hydrogen-bond donors (Lipinski definition) is 1. The molecule has 1 aliphatic rings. The topological polar surface area (TPSA) is 86.8 Å². The molecule has 0 spiro atoms. The van der Waals surface area contributed by atoms with Crippen LogP contribution in [0.4, 0.5) is 5.69 Å². The van der Waals surface area contributed by atoms with Crippen molar-refractivity contribution in [1.29, 1.82) is 0 Å². The Morgan fingerprint density at radius 2 is 1.68 bits per heavy atom. The van der Waals surface area contributed by atoms with Crippen LogP contribution in [0.2, 0.25) is 0 Å². The first-order valence-corrected chi connectivity index (χ1v) is 15.1. The van der Waals surface area contributed by atoms with E-state index in [1.807, 2.05) is 57.2 Å². The number of hydrogen-bond acceptors (Lipinski definition) is 4. The lowest BCUT2D eigenvalue weighted by Crippen LogP contribution is -2.54. The molecule has 0 aliphatic heterocycles. The second kappa shape index (κ2) is 13.1. The van der Waals surface area contributed by atoms with Gasteiger partial charge in [-0.2, -0.15) is 0 Å². The zero-order valence-electron chi connectivity index (χ0n) is 22.6. The average Bonchev–Trinajstić information content (AvgIpc) is 2.87. The summed E-state index contributed by atoms with van der Waals surface area (Å²) in [5.74, 6) is -0.540. The van der Waals surface area contributed by atoms with Gasteiger partial charge in [0.1, 0.15) is 12.6 Å². The van der Waals surface area contributed by atoms with Gasteiger partial charge in [-0.05, 0) is 62.3 Å². The Morgan fingerprint density at radius 3 is 2.30 bits per heavy atom. The lowest BCUT2D eigenvalue weighted by Gasteiger charge is -2.34. The molecule has 2 aromatic carbocycles. The van der Waals surface area contributed by atoms with Crippen LogP contribution in [-0.4, -0.2) is 56.6 Å². The normalized spacial score (nSPS) is 15.1. The molecule has 37 heavy (non-hydrogen) atoms. The largest absolute Gasteiger partial charge is 0.352 e. The van der Waals surface area contributed by atoms with Gasteiger partial charge in [0.15, 0.2) is 0 Å². The van der Waals surface area contributed by atoms with Crippen LogP contribution in [0.3, 0.4) is 0 Å². The molecule has 2 amide bonds. The number of rotatable bonds is 11. The maximum Gasteiger partial charge on any atom is 0.244 e. The molecule has 0 radical (unpaired) electrons. The van der Waals surface area contributed by atoms with Crippen molar-refractivity contribution < 1.29 is 18.0 Å². The zero-order chi connectivity index (χ0) is 27.0. The van der Waals surface area contributed by atoms with Crippen molar-refractivity contribution in [3.63, 3.8) is 0 Å². The molecule has 1 N–H and O–H groups in total. The van der Waals surface area contributed by atoms with E-state index >= 15 is 0 Å². The van der Waals surface area contributed by atoms with Gasteiger partial charge in [-0.1, -0.05) is 68.7 Å². The third-order valence-corrected chi connectivity index (χ3v) is 8.47. The van der Waals surface area contributed by atoms with Gasteiger partial charge < -0.3 is 10.2 Å². The Kier molecular flexibility index (Phi) is 10.1. The highest BCUT2D eigenvalue weighted by atomic mass is 32.2. The number of carbonyl (C=O) groups is 2. The highest BCUT2D eigenvalue weighted by Crippen LogP contribution is 2.25. The molecule has 3 rings (SSSR count). The second-order valence-electron chi connectivity index (χ2n) is 10.1. The van der Waals surface area contributed by atoms with Crippen LogP contribution < -0.4 is 9.62 Å². The summed E-state index contributed by atoms with van der Waals surface area (Å²) in [6.45, 7) is 5.63. The fourth-order valence-electron chi connectivity index (χ4n) is 5.04. The fourth-order valence-corrected chi connectivity index (χ4v) is 5.94. The predicted molar refractivity (Wildman–Crippen MR) is 149 cm³/mol. The summed E-state index contributed by atoms with van der Waals surface area (Å²) in [7, 11) is -3.74. The number of anilines is 1. The minimum absolute atomic E-state index is 0.129. The van der Waals surface area contributed by atoms with Crippen molar-refractivity contribution >= 4 is 27.5 Å². The number of amides is 2. The smallest absolute Gasteiger partial charge is 0.244 e. The van der Waals surface area contributed by atoms with E-state index in [4.69, 9.17) is 0 Å². The fraction of sp³-hybridized carbons (Fsp3) is 0.517. The van der Waals surface area contributed by atoms with E-state index in [0.717, 1.165) is 48.6 Å². The average molecular weight is 528 g/mol. The SMILES string of the molecule is CCC(C(=O)NC1CCCCC1)N(CCc1ccccc1)C(=O)CN(c1cccc(C)c1C)S(C)(=O)=O. The molecule has 0 bridgehead atoms. The van der Waals surface area contributed by atoms with Gasteiger partial charge in [-0.3, -0.25) is 13.9 Å². The molecule has 1 unspecified atom stereocenters. The Morgan fingerprint density at radius 1 is 1.00 bits per heavy atom. The van der Waals surface area contributed by atoms with E-state index in [1.54, 1.807) is 17.0 Å². The van der Waals surface area contributed by atoms with Crippen LogP contribution >= 0.6 is 0 Å². The Bertz CT molecular complexity index is 1160. The van der Waals surface area contributed by atoms with Gasteiger partial charge >= 0.3 is 0 Å². The van der Waals surface area contributed by atoms with Crippen molar-refractivity contribution in [2.45, 2.75) is 77.8 Å². The highest BCUT2D eigenvalue weighted by molar-refractivity contribution is 7.92. The molecule has 0 aromatic heterocycles. The van der Waals surface area contributed by atoms with Crippen molar-refractivity contribution in [1.82, 2.24) is 10.2 Å². The van der Waals surface area contributed by atoms with Crippen molar-refractivity contribution in [2.75, 3.05) is 23.7 Å². The van der Waals surface area contributed by atoms with Crippen molar-refractivity contribution in [3.8, 4) is 0 Å². The van der Waals surface area contributed by atoms with E-state index < -0.39 is 16.1 Å². The van der Waals surface area contributed by atoms with E-state index in [1.165, 1.54) is 10.7 Å². The molecule has 7 nitrogen and oxygen atoms in total. The maximum absolute atomic E-state index is 13.8. The molecule has 1 atom stereocenters. The van der Waals surface area contributed by atoms with E-state index in [9.17, 15) is 18.0 Å². The number of sulfonamides is 1. The van der Waals surface area contributed by atoms with Crippen LogP contribution in [0, 0.1) is 13.8 Å². The predicted octanol–water partition coefficient (Wildman–Crippen LogP) is 4.37. The summed E-state index contributed by atoms with van der Waals surface area (Å²) in [5, 5.41) is 3.17. The minimum atomic E-state index is -3.74. The van der Waals surface area contributed by atoms with E-state index in [-0.39, 0.29) is 24.4 Å². The molecule has 1 saturated carbocycles. The highest BCUT2D eigenvalue weighted by Gasteiger charge is 2.32. The van der Waals surface area contributed by atoms with Gasteiger partial charge in [0.25, 0.3) is 0 Å². The zero-order valence-corrected chi connectivity index (χ0v) is 23.4. The molecule has 1 aliphatic carbocycles. The second-order valence-corrected chi connectivity index (χ2v) is 12.0. The molecular weight excluding hydrogens is 486 g/mol. The van der Waals surface area contributed by atoms with Gasteiger partial charge in [0, 0.05) is 12.6 Å². The van der Waals surface area contributed by atoms with Gasteiger partial charge in [0.05, 0.1) is 11.9 Å². The summed E-state index contributed by atoms with van der Waals surface area (Å²) in [4.78, 5) is 28.8. The monoisotopic (exact) mass is 527 g/mol. The number of aryl methyl sites for hydroxylation is 1. The van der Waals surface area contributed by atoms with Gasteiger partial charge in [0.2, 0.25) is 21.8 Å². The molecule has 2 aromatic rings. The van der Waals surface area contributed by atoms with Crippen LogP contribution in [0.1, 0.15) is 62.1 Å². The van der Waals surface area contributed by atoms with E-state index in [2.05, 4.69) is 5.32 Å². The van der Waals surface area contributed by atoms with Crippen LogP contribution in [0.15, 0.2) is 48.5 Å². The first-order valence-electron chi connectivity index (χ1n) is 13.3. The number of nitrogens with zero attached hydrogens (tertiary/aromatic N) is 2. The Balaban J connectivity index is 1.89. The Labute approximate surface area is 222 Å². The van der Waals surface area contributed by atoms with Crippen molar-refractivity contribution in [2.24, 2.45) is 0 Å². The third kappa shape index (κ3) is 7.81. The maximum atomic E-state index is 13.8. The molecule has 0 heterocycles. The Hall–Kier alpha value is -2.87. The molecule has 202 valence electrons. The minimum Gasteiger partial charge on any atom is -0.352 e. The van der Waals surface area contributed by atoms with Gasteiger partial charge in [-0.25, -0.2) is 8.42 Å². The van der Waals surface area contributed by atoms with Crippen LogP contribution in [0.25, 0.3) is 0 Å². The number of nitrogens with one attached hydrogen (secondary N) is 1. The lowest BCUT2D eigenvalue weighted by atomic mass is 9.95. The first kappa shape index (κ1) is 28.7. The summed E-state index contributed by atoms with van der Waals surface area (Å²) < 4.78 is 26.9. The summed E-state index contributed by atoms with van der Waals surface area (Å²) in [6, 6.07) is 14.7. The lowest BCUT2D eigenvalue weighted by molar-refractivity contribution is -0.140. The quantitative estimate of drug-likeness (QED) is 0.470.